The number of carbonyl (C=O) groups is 1. The number of halogens is 1. The van der Waals surface area contributed by atoms with Crippen LogP contribution in [-0.4, -0.2) is 17.4 Å². The molecule has 3 rings (SSSR count). The molecule has 1 amide bonds. The number of aromatic amines is 1. The molecular weight excluding hydrogens is 380 g/mol. The molecule has 0 saturated carbocycles. The van der Waals surface area contributed by atoms with Crippen molar-refractivity contribution in [2.24, 2.45) is 0 Å². The summed E-state index contributed by atoms with van der Waals surface area (Å²) in [5.74, 6) is -0.156. The van der Waals surface area contributed by atoms with Gasteiger partial charge in [0.1, 0.15) is 0 Å². The summed E-state index contributed by atoms with van der Waals surface area (Å²) in [6.07, 6.45) is 0.481. The Labute approximate surface area is 154 Å². The summed E-state index contributed by atoms with van der Waals surface area (Å²) >= 11 is 3.37. The number of aryl methyl sites for hydroxylation is 2. The molecule has 1 heterocycles. The summed E-state index contributed by atoms with van der Waals surface area (Å²) in [6.45, 7) is 4.43. The predicted octanol–water partition coefficient (Wildman–Crippen LogP) is 3.88. The van der Waals surface area contributed by atoms with Crippen LogP contribution in [0, 0.1) is 13.8 Å². The Morgan fingerprint density at radius 3 is 2.68 bits per heavy atom. The molecule has 0 aliphatic carbocycles. The molecule has 0 bridgehead atoms. The van der Waals surface area contributed by atoms with Crippen LogP contribution in [0.2, 0.25) is 0 Å². The largest absolute Gasteiger partial charge is 0.352 e. The van der Waals surface area contributed by atoms with Crippen LogP contribution in [0.5, 0.6) is 0 Å². The van der Waals surface area contributed by atoms with E-state index >= 15 is 0 Å². The maximum Gasteiger partial charge on any atom is 0.252 e. The number of nitrogens with one attached hydrogen (secondary N) is 2. The molecule has 4 nitrogen and oxygen atoms in total. The Bertz CT molecular complexity index is 1010. The molecular formula is C20H19BrN2O2. The number of pyridine rings is 1. The number of hydrogen-bond acceptors (Lipinski definition) is 2. The van der Waals surface area contributed by atoms with Crippen LogP contribution in [-0.2, 0) is 6.42 Å². The van der Waals surface area contributed by atoms with Gasteiger partial charge in [-0.15, -0.1) is 0 Å². The van der Waals surface area contributed by atoms with Gasteiger partial charge in [-0.05, 0) is 70.9 Å². The average molecular weight is 399 g/mol. The second-order valence-electron chi connectivity index (χ2n) is 6.08. The maximum atomic E-state index is 12.3. The zero-order valence-corrected chi connectivity index (χ0v) is 15.7. The quantitative estimate of drug-likeness (QED) is 0.700. The van der Waals surface area contributed by atoms with E-state index in [0.29, 0.717) is 24.1 Å². The third-order valence-corrected chi connectivity index (χ3v) is 5.12. The lowest BCUT2D eigenvalue weighted by Gasteiger charge is -2.09. The summed E-state index contributed by atoms with van der Waals surface area (Å²) in [6, 6.07) is 13.2. The van der Waals surface area contributed by atoms with Crippen LogP contribution in [0.3, 0.4) is 0 Å². The van der Waals surface area contributed by atoms with Crippen molar-refractivity contribution in [3.05, 3.63) is 79.5 Å². The van der Waals surface area contributed by atoms with Crippen LogP contribution in [0.4, 0.5) is 0 Å². The normalized spacial score (nSPS) is 10.8. The van der Waals surface area contributed by atoms with E-state index in [-0.39, 0.29) is 11.5 Å². The highest BCUT2D eigenvalue weighted by Crippen LogP contribution is 2.19. The van der Waals surface area contributed by atoms with E-state index in [1.807, 2.05) is 44.2 Å². The van der Waals surface area contributed by atoms with E-state index in [1.54, 1.807) is 6.07 Å². The van der Waals surface area contributed by atoms with E-state index in [4.69, 9.17) is 0 Å². The Morgan fingerprint density at radius 1 is 1.16 bits per heavy atom. The van der Waals surface area contributed by atoms with Crippen LogP contribution >= 0.6 is 15.9 Å². The van der Waals surface area contributed by atoms with Crippen molar-refractivity contribution in [3.63, 3.8) is 0 Å². The van der Waals surface area contributed by atoms with Gasteiger partial charge in [-0.1, -0.05) is 24.3 Å². The first-order valence-corrected chi connectivity index (χ1v) is 8.91. The number of aromatic nitrogens is 1. The third-order valence-electron chi connectivity index (χ3n) is 4.43. The molecule has 0 unspecified atom stereocenters. The Hall–Kier alpha value is -2.40. The fourth-order valence-electron chi connectivity index (χ4n) is 2.81. The molecule has 0 aliphatic rings. The molecule has 0 aliphatic heterocycles. The van der Waals surface area contributed by atoms with Crippen molar-refractivity contribution in [2.75, 3.05) is 6.54 Å². The van der Waals surface area contributed by atoms with Crippen molar-refractivity contribution < 1.29 is 4.79 Å². The summed E-state index contributed by atoms with van der Waals surface area (Å²) in [5, 5.41) is 3.87. The van der Waals surface area contributed by atoms with Crippen molar-refractivity contribution in [1.82, 2.24) is 10.3 Å². The first kappa shape index (κ1) is 17.4. The lowest BCUT2D eigenvalue weighted by molar-refractivity contribution is 0.0953. The average Bonchev–Trinajstić information content (AvgIpc) is 2.60. The molecule has 1 aromatic heterocycles. The van der Waals surface area contributed by atoms with Gasteiger partial charge in [-0.2, -0.15) is 0 Å². The molecule has 0 fully saturated rings. The van der Waals surface area contributed by atoms with Crippen molar-refractivity contribution >= 4 is 32.7 Å². The zero-order chi connectivity index (χ0) is 18.0. The highest BCUT2D eigenvalue weighted by atomic mass is 79.9. The third kappa shape index (κ3) is 3.66. The molecule has 5 heteroatoms. The monoisotopic (exact) mass is 398 g/mol. The number of hydrogen-bond donors (Lipinski definition) is 2. The van der Waals surface area contributed by atoms with Gasteiger partial charge in [0.05, 0.1) is 11.1 Å². The number of amides is 1. The first-order valence-electron chi connectivity index (χ1n) is 8.12. The molecule has 2 aromatic carbocycles. The summed E-state index contributed by atoms with van der Waals surface area (Å²) in [4.78, 5) is 27.5. The van der Waals surface area contributed by atoms with Gasteiger partial charge < -0.3 is 10.3 Å². The second-order valence-corrected chi connectivity index (χ2v) is 6.94. The minimum Gasteiger partial charge on any atom is -0.352 e. The van der Waals surface area contributed by atoms with E-state index in [9.17, 15) is 9.59 Å². The lowest BCUT2D eigenvalue weighted by Crippen LogP contribution is -2.27. The van der Waals surface area contributed by atoms with Gasteiger partial charge in [0.2, 0.25) is 0 Å². The van der Waals surface area contributed by atoms with E-state index in [1.165, 1.54) is 0 Å². The van der Waals surface area contributed by atoms with Crippen molar-refractivity contribution in [2.45, 2.75) is 20.3 Å². The van der Waals surface area contributed by atoms with E-state index in [2.05, 4.69) is 32.3 Å². The number of benzene rings is 2. The zero-order valence-electron chi connectivity index (χ0n) is 14.2. The number of fused-ring (bicyclic) bond motifs is 1. The number of rotatable bonds is 4. The Morgan fingerprint density at radius 2 is 1.92 bits per heavy atom. The maximum absolute atomic E-state index is 12.3. The molecule has 0 radical (unpaired) electrons. The summed E-state index contributed by atoms with van der Waals surface area (Å²) in [7, 11) is 0. The minimum atomic E-state index is -0.156. The number of H-pyrrole nitrogens is 1. The molecule has 128 valence electrons. The highest BCUT2D eigenvalue weighted by molar-refractivity contribution is 9.10. The Balaban J connectivity index is 1.75. The molecule has 0 atom stereocenters. The van der Waals surface area contributed by atoms with Gasteiger partial charge >= 0.3 is 0 Å². The first-order chi connectivity index (χ1) is 12.0. The predicted molar refractivity (Wildman–Crippen MR) is 104 cm³/mol. The van der Waals surface area contributed by atoms with Crippen molar-refractivity contribution in [1.29, 1.82) is 0 Å². The molecule has 2 N–H and O–H groups in total. The fourth-order valence-corrected chi connectivity index (χ4v) is 3.27. The van der Waals surface area contributed by atoms with Crippen molar-refractivity contribution in [3.8, 4) is 0 Å². The van der Waals surface area contributed by atoms with Crippen LogP contribution in [0.1, 0.15) is 27.0 Å². The van der Waals surface area contributed by atoms with Crippen LogP contribution < -0.4 is 10.9 Å². The lowest BCUT2D eigenvalue weighted by atomic mass is 10.0. The second kappa shape index (κ2) is 7.23. The van der Waals surface area contributed by atoms with Crippen LogP contribution in [0.15, 0.2) is 51.7 Å². The molecule has 25 heavy (non-hydrogen) atoms. The smallest absolute Gasteiger partial charge is 0.252 e. The molecule has 3 aromatic rings. The highest BCUT2D eigenvalue weighted by Gasteiger charge is 2.10. The van der Waals surface area contributed by atoms with Gasteiger partial charge in [0.25, 0.3) is 11.5 Å². The van der Waals surface area contributed by atoms with Crippen LogP contribution in [0.25, 0.3) is 10.9 Å². The van der Waals surface area contributed by atoms with E-state index < -0.39 is 0 Å². The standard InChI is InChI=1S/C20H19BrN2O2/c1-12-7-8-14-11-15(19(24)23-18(14)13(12)2)9-10-22-20(25)16-5-3-4-6-17(16)21/h3-8,11H,9-10H2,1-2H3,(H,22,25)(H,23,24). The Kier molecular flexibility index (Phi) is 5.04. The number of carbonyl (C=O) groups excluding carboxylic acids is 1. The summed E-state index contributed by atoms with van der Waals surface area (Å²) in [5.41, 5.74) is 4.27. The minimum absolute atomic E-state index is 0.101. The fraction of sp³-hybridized carbons (Fsp3) is 0.200. The van der Waals surface area contributed by atoms with Gasteiger partial charge in [-0.25, -0.2) is 0 Å². The topological polar surface area (TPSA) is 62.0 Å². The molecule has 0 saturated heterocycles. The van der Waals surface area contributed by atoms with E-state index in [0.717, 1.165) is 26.5 Å². The SMILES string of the molecule is Cc1ccc2cc(CCNC(=O)c3ccccc3Br)c(=O)[nH]c2c1C. The van der Waals surface area contributed by atoms with Gasteiger partial charge in [0.15, 0.2) is 0 Å². The molecule has 0 spiro atoms. The van der Waals surface area contributed by atoms with Gasteiger partial charge in [0, 0.05) is 16.6 Å². The van der Waals surface area contributed by atoms with Gasteiger partial charge in [-0.3, -0.25) is 9.59 Å². The summed E-state index contributed by atoms with van der Waals surface area (Å²) < 4.78 is 0.752.